The Morgan fingerprint density at radius 3 is 2.11 bits per heavy atom. The number of hydrogen-bond donors (Lipinski definition) is 9. The Balaban J connectivity index is 1.44. The lowest BCUT2D eigenvalue weighted by molar-refractivity contribution is -0.145. The second-order valence-electron chi connectivity index (χ2n) is 15.4. The number of unbranched alkanes of at least 4 members (excludes halogenated alkanes) is 1. The first-order chi connectivity index (χ1) is 27.2. The molecule has 2 aliphatic rings. The van der Waals surface area contributed by atoms with Crippen LogP contribution in [0.25, 0.3) is 10.9 Å². The number of para-hydroxylation sites is 1. The molecule has 0 aliphatic carbocycles. The maximum Gasteiger partial charge on any atom is 0.326 e. The fourth-order valence-corrected chi connectivity index (χ4v) is 7.64. The highest BCUT2D eigenvalue weighted by molar-refractivity contribution is 5.97. The van der Waals surface area contributed by atoms with Gasteiger partial charge in [-0.15, -0.1) is 0 Å². The highest BCUT2D eigenvalue weighted by Gasteiger charge is 2.41. The van der Waals surface area contributed by atoms with Crippen LogP contribution in [0.5, 0.6) is 0 Å². The predicted octanol–water partition coefficient (Wildman–Crippen LogP) is -0.213. The Morgan fingerprint density at radius 1 is 0.860 bits per heavy atom. The van der Waals surface area contributed by atoms with Crippen molar-refractivity contribution in [3.05, 3.63) is 36.0 Å². The third-order valence-corrected chi connectivity index (χ3v) is 10.6. The van der Waals surface area contributed by atoms with Gasteiger partial charge in [-0.1, -0.05) is 32.0 Å². The van der Waals surface area contributed by atoms with Crippen LogP contribution in [-0.2, 0) is 35.2 Å². The number of guanidine groups is 1. The van der Waals surface area contributed by atoms with Gasteiger partial charge in [-0.05, 0) is 88.3 Å². The van der Waals surface area contributed by atoms with Crippen LogP contribution in [0.15, 0.2) is 35.5 Å². The Labute approximate surface area is 333 Å². The SMILES string of the molecule is CC(C)C[C@H](NC(=O)[C@H]1CCCN1C(=O)[C@@H](N)CCCN=C(N)N)C(=O)N[C@@H](CCCCN)C(=O)N1CCC[C@H]1C(=O)N[C@H](Cc1c[nH]c2ccccc12)C(=O)O. The largest absolute Gasteiger partial charge is 0.480 e. The lowest BCUT2D eigenvalue weighted by Gasteiger charge is -2.31. The summed E-state index contributed by atoms with van der Waals surface area (Å²) in [6.07, 6.45) is 5.97. The van der Waals surface area contributed by atoms with Crippen molar-refractivity contribution in [3.63, 3.8) is 0 Å². The smallest absolute Gasteiger partial charge is 0.326 e. The number of hydrogen-bond acceptors (Lipinski definition) is 9. The summed E-state index contributed by atoms with van der Waals surface area (Å²) in [6.45, 7) is 5.09. The predicted molar refractivity (Wildman–Crippen MR) is 215 cm³/mol. The van der Waals surface area contributed by atoms with E-state index in [-0.39, 0.29) is 43.6 Å². The number of amides is 5. The van der Waals surface area contributed by atoms with Crippen molar-refractivity contribution in [1.29, 1.82) is 0 Å². The van der Waals surface area contributed by atoms with Gasteiger partial charge in [0.05, 0.1) is 6.04 Å². The molecule has 13 N–H and O–H groups in total. The molecule has 4 rings (SSSR count). The number of nitrogens with one attached hydrogen (secondary N) is 4. The Bertz CT molecular complexity index is 1740. The van der Waals surface area contributed by atoms with Crippen molar-refractivity contribution in [2.24, 2.45) is 33.8 Å². The molecule has 0 unspecified atom stereocenters. The molecule has 314 valence electrons. The quantitative estimate of drug-likeness (QED) is 0.0452. The fraction of sp³-hybridized carbons (Fsp3) is 0.615. The van der Waals surface area contributed by atoms with E-state index in [2.05, 4.69) is 25.9 Å². The lowest BCUT2D eigenvalue weighted by atomic mass is 10.0. The number of carbonyl (C=O) groups is 6. The Hall–Kier alpha value is -5.23. The number of carbonyl (C=O) groups excluding carboxylic acids is 5. The molecule has 57 heavy (non-hydrogen) atoms. The zero-order valence-corrected chi connectivity index (χ0v) is 33.1. The number of nitrogens with two attached hydrogens (primary N) is 4. The molecule has 2 aliphatic heterocycles. The second-order valence-corrected chi connectivity index (χ2v) is 15.4. The molecule has 2 fully saturated rings. The minimum absolute atomic E-state index is 0.0227. The number of rotatable bonds is 21. The van der Waals surface area contributed by atoms with Crippen molar-refractivity contribution in [1.82, 2.24) is 30.7 Å². The average Bonchev–Trinajstić information content (AvgIpc) is 3.95. The molecule has 0 spiro atoms. The molecular weight excluding hydrogens is 734 g/mol. The Kier molecular flexibility index (Phi) is 16.7. The summed E-state index contributed by atoms with van der Waals surface area (Å²) >= 11 is 0. The first-order valence-corrected chi connectivity index (χ1v) is 20.0. The van der Waals surface area contributed by atoms with Gasteiger partial charge in [0.15, 0.2) is 5.96 Å². The van der Waals surface area contributed by atoms with Gasteiger partial charge >= 0.3 is 5.97 Å². The van der Waals surface area contributed by atoms with E-state index in [9.17, 15) is 33.9 Å². The van der Waals surface area contributed by atoms with E-state index >= 15 is 0 Å². The number of aliphatic imine (C=N–C) groups is 1. The highest BCUT2D eigenvalue weighted by atomic mass is 16.4. The Morgan fingerprint density at radius 2 is 1.49 bits per heavy atom. The van der Waals surface area contributed by atoms with Crippen molar-refractivity contribution >= 4 is 52.4 Å². The van der Waals surface area contributed by atoms with Gasteiger partial charge in [0.2, 0.25) is 29.5 Å². The number of fused-ring (bicyclic) bond motifs is 1. The zero-order chi connectivity index (χ0) is 41.6. The molecule has 1 aromatic heterocycles. The number of carboxylic acids is 1. The second kappa shape index (κ2) is 21.3. The summed E-state index contributed by atoms with van der Waals surface area (Å²) < 4.78 is 0. The van der Waals surface area contributed by atoms with E-state index in [0.29, 0.717) is 71.0 Å². The normalized spacial score (nSPS) is 18.8. The number of carboxylic acid groups (broad SMARTS) is 1. The van der Waals surface area contributed by atoms with E-state index < -0.39 is 65.8 Å². The summed E-state index contributed by atoms with van der Waals surface area (Å²) in [7, 11) is 0. The van der Waals surface area contributed by atoms with E-state index in [1.54, 1.807) is 6.20 Å². The molecule has 0 bridgehead atoms. The number of H-pyrrole nitrogens is 1. The number of benzene rings is 1. The number of aliphatic carboxylic acids is 1. The third kappa shape index (κ3) is 12.4. The van der Waals surface area contributed by atoms with Crippen molar-refractivity contribution < 1.29 is 33.9 Å². The molecule has 1 aromatic carbocycles. The van der Waals surface area contributed by atoms with Gasteiger partial charge in [-0.25, -0.2) is 4.79 Å². The van der Waals surface area contributed by atoms with Crippen LogP contribution >= 0.6 is 0 Å². The standard InChI is InChI=1S/C39H61N11O7/c1-23(2)20-29(47-34(52)31-14-8-18-49(31)36(54)26(41)11-7-17-44-39(42)43)33(51)46-28(13-5-6-16-40)37(55)50-19-9-15-32(50)35(53)48-30(38(56)57)21-24-22-45-27-12-4-3-10-25(24)27/h3-4,10,12,22-23,26,28-32,45H,5-9,11,13-21,40-41H2,1-2H3,(H,46,51)(H,47,52)(H,48,53)(H,56,57)(H4,42,43,44)/t26-,28-,29-,30+,31+,32-/m0/s1. The molecule has 0 saturated carbocycles. The van der Waals surface area contributed by atoms with E-state index in [4.69, 9.17) is 22.9 Å². The maximum atomic E-state index is 14.2. The minimum atomic E-state index is -1.24. The zero-order valence-electron chi connectivity index (χ0n) is 33.1. The van der Waals surface area contributed by atoms with E-state index in [0.717, 1.165) is 16.5 Å². The van der Waals surface area contributed by atoms with Crippen LogP contribution in [0.3, 0.4) is 0 Å². The number of nitrogens with zero attached hydrogens (tertiary/aromatic N) is 3. The summed E-state index contributed by atoms with van der Waals surface area (Å²) in [4.78, 5) is 91.1. The average molecular weight is 796 g/mol. The van der Waals surface area contributed by atoms with Crippen LogP contribution in [0.2, 0.25) is 0 Å². The maximum absolute atomic E-state index is 14.2. The van der Waals surface area contributed by atoms with Crippen LogP contribution in [0, 0.1) is 5.92 Å². The number of aromatic nitrogens is 1. The molecule has 2 saturated heterocycles. The van der Waals surface area contributed by atoms with Gasteiger partial charge in [-0.2, -0.15) is 0 Å². The number of aromatic amines is 1. The van der Waals surface area contributed by atoms with Gasteiger partial charge in [0.1, 0.15) is 30.2 Å². The van der Waals surface area contributed by atoms with Gasteiger partial charge in [0, 0.05) is 43.2 Å². The topological polar surface area (TPSA) is 297 Å². The first kappa shape index (κ1) is 44.5. The molecule has 2 aromatic rings. The summed E-state index contributed by atoms with van der Waals surface area (Å²) in [5.74, 6) is -3.77. The third-order valence-electron chi connectivity index (χ3n) is 10.6. The molecule has 6 atom stereocenters. The van der Waals surface area contributed by atoms with Crippen LogP contribution < -0.4 is 38.9 Å². The first-order valence-electron chi connectivity index (χ1n) is 20.0. The molecular formula is C39H61N11O7. The van der Waals surface area contributed by atoms with Crippen molar-refractivity contribution in [2.75, 3.05) is 26.2 Å². The van der Waals surface area contributed by atoms with Crippen LogP contribution in [-0.4, -0.2) is 124 Å². The summed E-state index contributed by atoms with van der Waals surface area (Å²) in [5.41, 5.74) is 24.3. The molecule has 5 amide bonds. The summed E-state index contributed by atoms with van der Waals surface area (Å²) in [6, 6.07) is 1.56. The monoisotopic (exact) mass is 795 g/mol. The van der Waals surface area contributed by atoms with E-state index in [1.165, 1.54) is 9.80 Å². The molecule has 18 nitrogen and oxygen atoms in total. The molecule has 18 heteroatoms. The van der Waals surface area contributed by atoms with Crippen molar-refractivity contribution in [3.8, 4) is 0 Å². The van der Waals surface area contributed by atoms with Gasteiger partial charge in [0.25, 0.3) is 0 Å². The number of likely N-dealkylation sites (tertiary alicyclic amines) is 2. The van der Waals surface area contributed by atoms with Crippen molar-refractivity contribution in [2.45, 2.75) is 121 Å². The van der Waals surface area contributed by atoms with Crippen LogP contribution in [0.4, 0.5) is 0 Å². The van der Waals surface area contributed by atoms with Gasteiger partial charge in [-0.3, -0.25) is 29.0 Å². The molecule has 0 radical (unpaired) electrons. The van der Waals surface area contributed by atoms with Crippen LogP contribution in [0.1, 0.15) is 83.6 Å². The summed E-state index contributed by atoms with van der Waals surface area (Å²) in [5, 5.41) is 19.3. The lowest BCUT2D eigenvalue weighted by Crippen LogP contribution is -2.59. The van der Waals surface area contributed by atoms with E-state index in [1.807, 2.05) is 38.1 Å². The minimum Gasteiger partial charge on any atom is -0.480 e. The highest BCUT2D eigenvalue weighted by Crippen LogP contribution is 2.23. The van der Waals surface area contributed by atoms with Gasteiger partial charge < -0.3 is 58.8 Å². The molecule has 3 heterocycles. The fourth-order valence-electron chi connectivity index (χ4n) is 7.64.